The van der Waals surface area contributed by atoms with Crippen molar-refractivity contribution in [3.63, 3.8) is 0 Å². The van der Waals surface area contributed by atoms with Crippen LogP contribution in [0.5, 0.6) is 0 Å². The molecule has 1 atom stereocenters. The van der Waals surface area contributed by atoms with Crippen molar-refractivity contribution < 1.29 is 4.79 Å². The van der Waals surface area contributed by atoms with Crippen LogP contribution in [-0.2, 0) is 6.42 Å². The molecule has 4 heterocycles. The fourth-order valence-electron chi connectivity index (χ4n) is 3.88. The number of hydrogen-bond donors (Lipinski definition) is 2. The lowest BCUT2D eigenvalue weighted by Gasteiger charge is -2.39. The molecular weight excluding hydrogens is 404 g/mol. The van der Waals surface area contributed by atoms with Crippen molar-refractivity contribution in [2.24, 2.45) is 0 Å². The maximum Gasteiger partial charge on any atom is 0.251 e. The number of H-pyrrole nitrogens is 1. The number of hydrogen-bond acceptors (Lipinski definition) is 7. The van der Waals surface area contributed by atoms with E-state index in [1.54, 1.807) is 19.2 Å². The maximum absolute atomic E-state index is 11.9. The first-order valence-electron chi connectivity index (χ1n) is 10.9. The average molecular weight is 437 g/mol. The third kappa shape index (κ3) is 5.77. The Morgan fingerprint density at radius 2 is 1.84 bits per heavy atom. The summed E-state index contributed by atoms with van der Waals surface area (Å²) < 4.78 is 0. The molecule has 1 aliphatic heterocycles. The quantitative estimate of drug-likeness (QED) is 0.591. The highest BCUT2D eigenvalue weighted by molar-refractivity contribution is 5.74. The molecule has 170 valence electrons. The normalized spacial score (nSPS) is 15.2. The third-order valence-corrected chi connectivity index (χ3v) is 5.66. The molecule has 0 unspecified atom stereocenters. The van der Waals surface area contributed by atoms with Crippen molar-refractivity contribution in [1.82, 2.24) is 25.2 Å². The minimum atomic E-state index is -0.0590. The molecule has 0 spiro atoms. The van der Waals surface area contributed by atoms with Gasteiger partial charge in [0.1, 0.15) is 5.69 Å². The lowest BCUT2D eigenvalue weighted by atomic mass is 10.1. The fourth-order valence-corrected chi connectivity index (χ4v) is 3.88. The van der Waals surface area contributed by atoms with Gasteiger partial charge < -0.3 is 15.2 Å². The zero-order valence-corrected chi connectivity index (χ0v) is 19.3. The molecule has 0 radical (unpaired) electrons. The summed E-state index contributed by atoms with van der Waals surface area (Å²) >= 11 is 0. The average Bonchev–Trinajstić information content (AvgIpc) is 2.81. The largest absolute Gasteiger partial charge is 0.368 e. The van der Waals surface area contributed by atoms with E-state index in [4.69, 9.17) is 0 Å². The van der Waals surface area contributed by atoms with Crippen LogP contribution in [0.3, 0.4) is 0 Å². The molecule has 0 amide bonds. The van der Waals surface area contributed by atoms with Gasteiger partial charge in [-0.25, -0.2) is 0 Å². The van der Waals surface area contributed by atoms with Gasteiger partial charge >= 0.3 is 0 Å². The number of carbonyl (C=O) groups excluding carboxylic acids is 1. The van der Waals surface area contributed by atoms with Gasteiger partial charge in [-0.2, -0.15) is 0 Å². The molecule has 3 aromatic rings. The first-order valence-corrected chi connectivity index (χ1v) is 10.9. The molecule has 4 rings (SSSR count). The monoisotopic (exact) mass is 436 g/mol. The van der Waals surface area contributed by atoms with Crippen molar-refractivity contribution in [3.05, 3.63) is 63.8 Å². The van der Waals surface area contributed by atoms with Gasteiger partial charge in [-0.15, -0.1) is 0 Å². The van der Waals surface area contributed by atoms with Gasteiger partial charge in [0, 0.05) is 44.0 Å². The highest BCUT2D eigenvalue weighted by Crippen LogP contribution is 2.18. The summed E-state index contributed by atoms with van der Waals surface area (Å²) in [6.07, 6.45) is 5.33. The molecule has 3 aromatic heterocycles. The van der Waals surface area contributed by atoms with Crippen molar-refractivity contribution in [2.75, 3.05) is 45.2 Å². The zero-order chi connectivity index (χ0) is 23.1. The highest BCUT2D eigenvalue weighted by atomic mass is 16.1. The predicted octanol–water partition coefficient (Wildman–Crippen LogP) is 2.03. The first kappa shape index (κ1) is 23.6. The number of nitrogens with zero attached hydrogens (tertiary/aromatic N) is 4. The van der Waals surface area contributed by atoms with Crippen molar-refractivity contribution in [1.29, 1.82) is 0 Å². The Bertz CT molecular complexity index is 1090. The lowest BCUT2D eigenvalue weighted by molar-refractivity contribution is 0.111. The number of aromatic amines is 1. The number of carbonyl (C=O) groups is 1. The smallest absolute Gasteiger partial charge is 0.251 e. The van der Waals surface area contributed by atoms with Crippen LogP contribution in [0, 0.1) is 6.92 Å². The number of piperazine rings is 1. The van der Waals surface area contributed by atoms with Crippen LogP contribution < -0.4 is 15.8 Å². The van der Waals surface area contributed by atoms with Gasteiger partial charge in [0.2, 0.25) is 0 Å². The fraction of sp³-hybridized carbons (Fsp3) is 0.417. The predicted molar refractivity (Wildman–Crippen MR) is 129 cm³/mol. The summed E-state index contributed by atoms with van der Waals surface area (Å²) in [5, 5.41) is 2.75. The maximum atomic E-state index is 11.9. The summed E-state index contributed by atoms with van der Waals surface area (Å²) in [5.41, 5.74) is 4.88. The number of fused-ring (bicyclic) bond motifs is 1. The van der Waals surface area contributed by atoms with Gasteiger partial charge in [-0.1, -0.05) is 0 Å². The number of rotatable bonds is 5. The third-order valence-electron chi connectivity index (χ3n) is 5.66. The van der Waals surface area contributed by atoms with E-state index >= 15 is 0 Å². The van der Waals surface area contributed by atoms with E-state index in [-0.39, 0.29) is 5.56 Å². The minimum absolute atomic E-state index is 0.0590. The van der Waals surface area contributed by atoms with Crippen LogP contribution in [0.1, 0.15) is 28.5 Å². The number of aryl methyl sites for hydroxylation is 1. The van der Waals surface area contributed by atoms with E-state index in [2.05, 4.69) is 37.0 Å². The molecule has 0 aliphatic carbocycles. The van der Waals surface area contributed by atoms with Crippen LogP contribution in [0.4, 0.5) is 5.69 Å². The second-order valence-corrected chi connectivity index (χ2v) is 8.19. The van der Waals surface area contributed by atoms with E-state index in [0.29, 0.717) is 17.3 Å². The van der Waals surface area contributed by atoms with Crippen molar-refractivity contribution >= 4 is 23.0 Å². The standard InChI is InChI=1S/C22H25N5O2.C2H7N/c1-15-9-20-21(25-22(15)29)11-17(12-24-20)10-16(2)26-5-7-27(8-6-26)19-4-3-18(14-28)23-13-19;1-3-2/h3-4,9,11-14,16H,5-8,10H2,1-2H3,(H,25,29);3H,1-2H3/t16-;/m1./s1. The molecule has 0 bridgehead atoms. The number of nitrogens with one attached hydrogen (secondary N) is 2. The lowest BCUT2D eigenvalue weighted by Crippen LogP contribution is -2.50. The van der Waals surface area contributed by atoms with E-state index in [1.807, 2.05) is 38.5 Å². The number of anilines is 1. The molecular formula is C24H32N6O2. The molecule has 2 N–H and O–H groups in total. The van der Waals surface area contributed by atoms with E-state index in [1.165, 1.54) is 0 Å². The topological polar surface area (TPSA) is 94.2 Å². The number of aromatic nitrogens is 3. The first-order chi connectivity index (χ1) is 15.4. The Labute approximate surface area is 188 Å². The molecule has 0 aromatic carbocycles. The van der Waals surface area contributed by atoms with Crippen molar-refractivity contribution in [3.8, 4) is 0 Å². The Kier molecular flexibility index (Phi) is 8.08. The Hall–Kier alpha value is -3.10. The molecule has 1 fully saturated rings. The van der Waals surface area contributed by atoms with E-state index in [9.17, 15) is 9.59 Å². The molecule has 8 nitrogen and oxygen atoms in total. The van der Waals surface area contributed by atoms with Crippen LogP contribution >= 0.6 is 0 Å². The molecule has 32 heavy (non-hydrogen) atoms. The Morgan fingerprint density at radius 3 is 2.47 bits per heavy atom. The summed E-state index contributed by atoms with van der Waals surface area (Å²) in [5.74, 6) is 0. The van der Waals surface area contributed by atoms with E-state index in [0.717, 1.165) is 61.2 Å². The van der Waals surface area contributed by atoms with Crippen LogP contribution in [0.15, 0.2) is 41.5 Å². The van der Waals surface area contributed by atoms with Gasteiger partial charge in [-0.05, 0) is 64.2 Å². The molecule has 1 saturated heterocycles. The van der Waals surface area contributed by atoms with Crippen LogP contribution in [0.2, 0.25) is 0 Å². The van der Waals surface area contributed by atoms with Crippen LogP contribution in [0.25, 0.3) is 11.0 Å². The summed E-state index contributed by atoms with van der Waals surface area (Å²) in [4.78, 5) is 39.0. The second-order valence-electron chi connectivity index (χ2n) is 8.19. The summed E-state index contributed by atoms with van der Waals surface area (Å²) in [6.45, 7) is 7.81. The SMILES string of the molecule is CNC.Cc1cc2ncc(C[C@@H](C)N3CCN(c4ccc(C=O)nc4)CC3)cc2[nH]c1=O. The molecule has 8 heteroatoms. The summed E-state index contributed by atoms with van der Waals surface area (Å²) in [6, 6.07) is 7.96. The van der Waals surface area contributed by atoms with Gasteiger partial charge in [0.05, 0.1) is 22.9 Å². The zero-order valence-electron chi connectivity index (χ0n) is 19.3. The Morgan fingerprint density at radius 1 is 1.12 bits per heavy atom. The number of aldehydes is 1. The van der Waals surface area contributed by atoms with Crippen molar-refractivity contribution in [2.45, 2.75) is 26.3 Å². The van der Waals surface area contributed by atoms with E-state index < -0.39 is 0 Å². The molecule has 0 saturated carbocycles. The highest BCUT2D eigenvalue weighted by Gasteiger charge is 2.22. The minimum Gasteiger partial charge on any atom is -0.368 e. The van der Waals surface area contributed by atoms with Gasteiger partial charge in [0.15, 0.2) is 6.29 Å². The summed E-state index contributed by atoms with van der Waals surface area (Å²) in [7, 11) is 3.75. The van der Waals surface area contributed by atoms with Crippen LogP contribution in [-0.4, -0.2) is 72.5 Å². The Balaban J connectivity index is 0.000000913. The molecule has 1 aliphatic rings. The second kappa shape index (κ2) is 11.0. The number of pyridine rings is 3. The van der Waals surface area contributed by atoms with Gasteiger partial charge in [0.25, 0.3) is 5.56 Å². The van der Waals surface area contributed by atoms with Gasteiger partial charge in [-0.3, -0.25) is 24.5 Å².